The van der Waals surface area contributed by atoms with Crippen LogP contribution in [0.25, 0.3) is 0 Å². The first-order valence-electron chi connectivity index (χ1n) is 4.26. The van der Waals surface area contributed by atoms with Crippen LogP contribution in [0, 0.1) is 12.5 Å². The molecule has 0 aromatic heterocycles. The topological polar surface area (TPSA) is 9.23 Å². The summed E-state index contributed by atoms with van der Waals surface area (Å²) in [5, 5.41) is 0. The molecule has 0 unspecified atom stereocenters. The minimum Gasteiger partial charge on any atom is -0.373 e. The monoisotopic (exact) mass is 141 g/mol. The van der Waals surface area contributed by atoms with Crippen LogP contribution in [0.4, 0.5) is 0 Å². The van der Waals surface area contributed by atoms with E-state index in [4.69, 9.17) is 4.74 Å². The summed E-state index contributed by atoms with van der Waals surface area (Å²) in [7, 11) is 0. The van der Waals surface area contributed by atoms with Gasteiger partial charge in [-0.3, -0.25) is 0 Å². The van der Waals surface area contributed by atoms with Crippen LogP contribution < -0.4 is 0 Å². The van der Waals surface area contributed by atoms with Gasteiger partial charge in [-0.15, -0.1) is 0 Å². The molecule has 0 N–H and O–H groups in total. The Bertz CT molecular complexity index is 82.7. The normalized spacial score (nSPS) is 34.2. The molecule has 0 amide bonds. The van der Waals surface area contributed by atoms with Gasteiger partial charge in [0.2, 0.25) is 0 Å². The van der Waals surface area contributed by atoms with Crippen LogP contribution in [0.15, 0.2) is 0 Å². The quantitative estimate of drug-likeness (QED) is 0.574. The van der Waals surface area contributed by atoms with E-state index in [-0.39, 0.29) is 0 Å². The van der Waals surface area contributed by atoms with Gasteiger partial charge in [0.25, 0.3) is 0 Å². The highest BCUT2D eigenvalue weighted by Crippen LogP contribution is 2.25. The second-order valence-corrected chi connectivity index (χ2v) is 3.25. The van der Waals surface area contributed by atoms with Crippen LogP contribution in [0.1, 0.15) is 39.5 Å². The van der Waals surface area contributed by atoms with E-state index in [1.54, 1.807) is 0 Å². The van der Waals surface area contributed by atoms with Crippen molar-refractivity contribution in [1.29, 1.82) is 0 Å². The molecule has 1 aliphatic carbocycles. The van der Waals surface area contributed by atoms with Crippen molar-refractivity contribution in [1.82, 2.24) is 0 Å². The second-order valence-electron chi connectivity index (χ2n) is 3.25. The van der Waals surface area contributed by atoms with Crippen LogP contribution in [-0.2, 0) is 4.74 Å². The summed E-state index contributed by atoms with van der Waals surface area (Å²) >= 11 is 0. The van der Waals surface area contributed by atoms with Gasteiger partial charge in [0.05, 0.1) is 12.7 Å². The van der Waals surface area contributed by atoms with Gasteiger partial charge in [-0.1, -0.05) is 6.92 Å². The molecule has 0 heterocycles. The zero-order valence-electron chi connectivity index (χ0n) is 6.97. The SMILES string of the molecule is C[CH]OC1CCC(C)CC1. The average molecular weight is 141 g/mol. The lowest BCUT2D eigenvalue weighted by atomic mass is 9.89. The molecule has 59 valence electrons. The summed E-state index contributed by atoms with van der Waals surface area (Å²) in [6.45, 7) is 6.10. The smallest absolute Gasteiger partial charge is 0.0809 e. The van der Waals surface area contributed by atoms with Crippen LogP contribution in [0.3, 0.4) is 0 Å². The van der Waals surface area contributed by atoms with E-state index in [2.05, 4.69) is 6.92 Å². The fourth-order valence-electron chi connectivity index (χ4n) is 1.56. The molecule has 1 rings (SSSR count). The highest BCUT2D eigenvalue weighted by atomic mass is 16.5. The van der Waals surface area contributed by atoms with Gasteiger partial charge in [-0.25, -0.2) is 0 Å². The Kier molecular flexibility index (Phi) is 3.20. The summed E-state index contributed by atoms with van der Waals surface area (Å²) in [5.74, 6) is 0.928. The zero-order chi connectivity index (χ0) is 7.40. The first-order valence-corrected chi connectivity index (χ1v) is 4.26. The third-order valence-electron chi connectivity index (χ3n) is 2.29. The van der Waals surface area contributed by atoms with Crippen molar-refractivity contribution in [3.63, 3.8) is 0 Å². The molecule has 0 saturated heterocycles. The third kappa shape index (κ3) is 2.30. The number of hydrogen-bond acceptors (Lipinski definition) is 1. The lowest BCUT2D eigenvalue weighted by Crippen LogP contribution is -2.18. The Hall–Kier alpha value is -0.0400. The minimum atomic E-state index is 0.529. The van der Waals surface area contributed by atoms with Crippen molar-refractivity contribution in [3.05, 3.63) is 6.61 Å². The molecule has 0 spiro atoms. The second kappa shape index (κ2) is 3.97. The zero-order valence-corrected chi connectivity index (χ0v) is 6.97. The molecule has 1 heteroatoms. The molecular weight excluding hydrogens is 124 g/mol. The van der Waals surface area contributed by atoms with Crippen LogP contribution >= 0.6 is 0 Å². The Morgan fingerprint density at radius 2 is 1.80 bits per heavy atom. The third-order valence-corrected chi connectivity index (χ3v) is 2.29. The van der Waals surface area contributed by atoms with Crippen LogP contribution in [-0.4, -0.2) is 6.10 Å². The highest BCUT2D eigenvalue weighted by Gasteiger charge is 2.17. The van der Waals surface area contributed by atoms with E-state index in [0.717, 1.165) is 5.92 Å². The Morgan fingerprint density at radius 1 is 1.20 bits per heavy atom. The van der Waals surface area contributed by atoms with Crippen molar-refractivity contribution < 1.29 is 4.74 Å². The first-order chi connectivity index (χ1) is 4.83. The number of rotatable bonds is 2. The van der Waals surface area contributed by atoms with Crippen molar-refractivity contribution in [3.8, 4) is 0 Å². The van der Waals surface area contributed by atoms with Gasteiger partial charge in [-0.2, -0.15) is 0 Å². The molecule has 1 saturated carbocycles. The predicted molar refractivity (Wildman–Crippen MR) is 42.5 cm³/mol. The average Bonchev–Trinajstić information content (AvgIpc) is 1.95. The molecule has 0 aromatic rings. The van der Waals surface area contributed by atoms with Crippen molar-refractivity contribution in [2.24, 2.45) is 5.92 Å². The lowest BCUT2D eigenvalue weighted by Gasteiger charge is -2.25. The Morgan fingerprint density at radius 3 is 2.30 bits per heavy atom. The molecule has 0 aliphatic heterocycles. The minimum absolute atomic E-state index is 0.529. The Balaban J connectivity index is 2.13. The van der Waals surface area contributed by atoms with Crippen molar-refractivity contribution in [2.75, 3.05) is 0 Å². The maximum absolute atomic E-state index is 5.41. The maximum atomic E-state index is 5.41. The summed E-state index contributed by atoms with van der Waals surface area (Å²) in [6.07, 6.45) is 5.73. The van der Waals surface area contributed by atoms with Gasteiger partial charge >= 0.3 is 0 Å². The van der Waals surface area contributed by atoms with Gasteiger partial charge in [0, 0.05) is 0 Å². The summed E-state index contributed by atoms with van der Waals surface area (Å²) in [5.41, 5.74) is 0. The van der Waals surface area contributed by atoms with Crippen LogP contribution in [0.5, 0.6) is 0 Å². The predicted octanol–water partition coefficient (Wildman–Crippen LogP) is 2.76. The molecule has 1 radical (unpaired) electrons. The fourth-order valence-corrected chi connectivity index (χ4v) is 1.56. The standard InChI is InChI=1S/C9H17O/c1-3-10-9-6-4-8(2)5-7-9/h3,8-9H,4-7H2,1-2H3. The largest absolute Gasteiger partial charge is 0.373 e. The first kappa shape index (κ1) is 8.06. The molecule has 1 aliphatic rings. The van der Waals surface area contributed by atoms with Gasteiger partial charge in [0.15, 0.2) is 0 Å². The van der Waals surface area contributed by atoms with Crippen molar-refractivity contribution >= 4 is 0 Å². The van der Waals surface area contributed by atoms with E-state index in [0.29, 0.717) is 6.10 Å². The van der Waals surface area contributed by atoms with Crippen LogP contribution in [0.2, 0.25) is 0 Å². The molecule has 0 aromatic carbocycles. The van der Waals surface area contributed by atoms with E-state index in [9.17, 15) is 0 Å². The van der Waals surface area contributed by atoms with Gasteiger partial charge < -0.3 is 4.74 Å². The Labute approximate surface area is 63.8 Å². The van der Waals surface area contributed by atoms with Gasteiger partial charge in [-0.05, 0) is 38.5 Å². The van der Waals surface area contributed by atoms with Gasteiger partial charge in [0.1, 0.15) is 0 Å². The maximum Gasteiger partial charge on any atom is 0.0809 e. The molecular formula is C9H17O. The fraction of sp³-hybridized carbons (Fsp3) is 0.889. The lowest BCUT2D eigenvalue weighted by molar-refractivity contribution is 0.0646. The number of ether oxygens (including phenoxy) is 1. The molecule has 1 fully saturated rings. The molecule has 0 atom stereocenters. The molecule has 1 nitrogen and oxygen atoms in total. The number of hydrogen-bond donors (Lipinski definition) is 0. The van der Waals surface area contributed by atoms with Crippen molar-refractivity contribution in [2.45, 2.75) is 45.6 Å². The van der Waals surface area contributed by atoms with E-state index in [1.165, 1.54) is 25.7 Å². The molecule has 0 bridgehead atoms. The highest BCUT2D eigenvalue weighted by molar-refractivity contribution is 4.70. The van der Waals surface area contributed by atoms with E-state index in [1.807, 2.05) is 13.5 Å². The summed E-state index contributed by atoms with van der Waals surface area (Å²) in [4.78, 5) is 0. The molecule has 10 heavy (non-hydrogen) atoms. The summed E-state index contributed by atoms with van der Waals surface area (Å²) < 4.78 is 5.41. The summed E-state index contributed by atoms with van der Waals surface area (Å²) in [6, 6.07) is 0. The van der Waals surface area contributed by atoms with E-state index < -0.39 is 0 Å². The van der Waals surface area contributed by atoms with E-state index >= 15 is 0 Å².